The van der Waals surface area contributed by atoms with Gasteiger partial charge in [0.2, 0.25) is 10.0 Å². The minimum absolute atomic E-state index is 0.307. The van der Waals surface area contributed by atoms with Gasteiger partial charge in [-0.25, -0.2) is 13.1 Å². The Kier molecular flexibility index (Phi) is 5.03. The summed E-state index contributed by atoms with van der Waals surface area (Å²) in [6.45, 7) is 4.44. The van der Waals surface area contributed by atoms with E-state index in [-0.39, 0.29) is 5.25 Å². The molecule has 130 valence electrons. The van der Waals surface area contributed by atoms with E-state index in [9.17, 15) is 8.42 Å². The Morgan fingerprint density at radius 1 is 1.33 bits per heavy atom. The van der Waals surface area contributed by atoms with Crippen molar-refractivity contribution in [2.75, 3.05) is 19.6 Å². The molecule has 2 heterocycles. The summed E-state index contributed by atoms with van der Waals surface area (Å²) in [4.78, 5) is 2.21. The minimum Gasteiger partial charge on any atom is -0.298 e. The van der Waals surface area contributed by atoms with E-state index in [1.807, 2.05) is 32.4 Å². The molecule has 0 bridgehead atoms. The Labute approximate surface area is 143 Å². The van der Waals surface area contributed by atoms with Crippen molar-refractivity contribution in [2.45, 2.75) is 25.1 Å². The summed E-state index contributed by atoms with van der Waals surface area (Å²) in [5.41, 5.74) is 3.42. The summed E-state index contributed by atoms with van der Waals surface area (Å²) >= 11 is 0. The van der Waals surface area contributed by atoms with Crippen LogP contribution in [-0.2, 0) is 23.6 Å². The lowest BCUT2D eigenvalue weighted by atomic mass is 10.1. The van der Waals surface area contributed by atoms with Gasteiger partial charge in [-0.15, -0.1) is 0 Å². The van der Waals surface area contributed by atoms with E-state index in [4.69, 9.17) is 0 Å². The summed E-state index contributed by atoms with van der Waals surface area (Å²) in [6.07, 6.45) is 4.54. The van der Waals surface area contributed by atoms with Crippen LogP contribution in [0, 0.1) is 0 Å². The zero-order valence-corrected chi connectivity index (χ0v) is 15.0. The van der Waals surface area contributed by atoms with Crippen molar-refractivity contribution in [1.82, 2.24) is 19.4 Å². The molecule has 7 heteroatoms. The predicted octanol–water partition coefficient (Wildman–Crippen LogP) is 1.60. The van der Waals surface area contributed by atoms with Gasteiger partial charge in [-0.1, -0.05) is 25.1 Å². The van der Waals surface area contributed by atoms with Gasteiger partial charge in [-0.05, 0) is 30.2 Å². The van der Waals surface area contributed by atoms with Crippen LogP contribution in [0.1, 0.15) is 18.9 Å². The van der Waals surface area contributed by atoms with Crippen LogP contribution in [0.4, 0.5) is 0 Å². The molecule has 1 aliphatic rings. The lowest BCUT2D eigenvalue weighted by Crippen LogP contribution is -2.36. The number of benzene rings is 1. The standard InChI is InChI=1S/C17H24N4O2S/c1-3-19-24(22,23)17-7-8-21(13-17)11-14-5-4-6-15(9-14)16-10-18-20(2)12-16/h4-6,9-10,12,17,19H,3,7-8,11,13H2,1-2H3/t17-/m1/s1. The Morgan fingerprint density at radius 3 is 2.88 bits per heavy atom. The fraction of sp³-hybridized carbons (Fsp3) is 0.471. The van der Waals surface area contributed by atoms with Gasteiger partial charge in [0, 0.05) is 38.4 Å². The number of rotatable bonds is 6. The van der Waals surface area contributed by atoms with Crippen molar-refractivity contribution in [1.29, 1.82) is 0 Å². The molecule has 0 amide bonds. The molecule has 0 radical (unpaired) electrons. The van der Waals surface area contributed by atoms with Crippen LogP contribution < -0.4 is 4.72 Å². The summed E-state index contributed by atoms with van der Waals surface area (Å²) in [5.74, 6) is 0. The first-order valence-corrected chi connectivity index (χ1v) is 9.81. The SMILES string of the molecule is CCNS(=O)(=O)[C@@H]1CCN(Cc2cccc(-c3cnn(C)c3)c2)C1. The van der Waals surface area contributed by atoms with Crippen molar-refractivity contribution in [2.24, 2.45) is 7.05 Å². The Balaban J connectivity index is 1.67. The maximum absolute atomic E-state index is 12.1. The number of hydrogen-bond acceptors (Lipinski definition) is 4. The van der Waals surface area contributed by atoms with Crippen molar-refractivity contribution in [3.8, 4) is 11.1 Å². The van der Waals surface area contributed by atoms with E-state index in [1.165, 1.54) is 5.56 Å². The first-order chi connectivity index (χ1) is 11.5. The third kappa shape index (κ3) is 3.85. The second-order valence-corrected chi connectivity index (χ2v) is 8.34. The van der Waals surface area contributed by atoms with Crippen LogP contribution >= 0.6 is 0 Å². The number of aromatic nitrogens is 2. The Hall–Kier alpha value is -1.70. The second kappa shape index (κ2) is 7.04. The lowest BCUT2D eigenvalue weighted by molar-refractivity contribution is 0.331. The topological polar surface area (TPSA) is 67.2 Å². The number of hydrogen-bond donors (Lipinski definition) is 1. The van der Waals surface area contributed by atoms with Gasteiger partial charge in [-0.3, -0.25) is 9.58 Å². The average molecular weight is 348 g/mol. The smallest absolute Gasteiger partial charge is 0.215 e. The summed E-state index contributed by atoms with van der Waals surface area (Å²) < 4.78 is 28.7. The fourth-order valence-corrected chi connectivity index (χ4v) is 4.65. The fourth-order valence-electron chi connectivity index (χ4n) is 3.19. The van der Waals surface area contributed by atoms with Gasteiger partial charge < -0.3 is 0 Å². The zero-order valence-electron chi connectivity index (χ0n) is 14.1. The third-order valence-electron chi connectivity index (χ3n) is 4.38. The molecule has 0 unspecified atom stereocenters. The largest absolute Gasteiger partial charge is 0.298 e. The molecule has 1 aromatic carbocycles. The molecule has 1 fully saturated rings. The van der Waals surface area contributed by atoms with Crippen LogP contribution in [0.2, 0.25) is 0 Å². The predicted molar refractivity (Wildman–Crippen MR) is 94.9 cm³/mol. The van der Waals surface area contributed by atoms with Crippen LogP contribution in [-0.4, -0.2) is 48.0 Å². The minimum atomic E-state index is -3.19. The van der Waals surface area contributed by atoms with Crippen LogP contribution in [0.5, 0.6) is 0 Å². The quantitative estimate of drug-likeness (QED) is 0.861. The molecule has 3 rings (SSSR count). The average Bonchev–Trinajstić information content (AvgIpc) is 3.17. The summed E-state index contributed by atoms with van der Waals surface area (Å²) in [6, 6.07) is 8.36. The second-order valence-electron chi connectivity index (χ2n) is 6.29. The Morgan fingerprint density at radius 2 is 2.17 bits per heavy atom. The number of nitrogens with one attached hydrogen (secondary N) is 1. The molecule has 1 aromatic heterocycles. The number of likely N-dealkylation sites (tertiary alicyclic amines) is 1. The van der Waals surface area contributed by atoms with E-state index in [0.29, 0.717) is 19.5 Å². The van der Waals surface area contributed by atoms with Crippen molar-refractivity contribution >= 4 is 10.0 Å². The molecule has 1 N–H and O–H groups in total. The molecule has 0 spiro atoms. The molecule has 0 aliphatic carbocycles. The normalized spacial score (nSPS) is 19.0. The summed E-state index contributed by atoms with van der Waals surface area (Å²) in [5, 5.41) is 3.91. The Bertz CT molecular complexity index is 800. The van der Waals surface area contributed by atoms with Gasteiger partial charge in [0.05, 0.1) is 11.4 Å². The van der Waals surface area contributed by atoms with E-state index in [1.54, 1.807) is 4.68 Å². The van der Waals surface area contributed by atoms with Gasteiger partial charge in [0.1, 0.15) is 0 Å². The van der Waals surface area contributed by atoms with Crippen molar-refractivity contribution in [3.05, 3.63) is 42.2 Å². The van der Waals surface area contributed by atoms with Gasteiger partial charge in [-0.2, -0.15) is 5.10 Å². The summed E-state index contributed by atoms with van der Waals surface area (Å²) in [7, 11) is -1.28. The maximum Gasteiger partial charge on any atom is 0.215 e. The van der Waals surface area contributed by atoms with E-state index in [2.05, 4.69) is 32.9 Å². The van der Waals surface area contributed by atoms with Crippen LogP contribution in [0.3, 0.4) is 0 Å². The molecule has 0 saturated carbocycles. The lowest BCUT2D eigenvalue weighted by Gasteiger charge is -2.17. The monoisotopic (exact) mass is 348 g/mol. The van der Waals surface area contributed by atoms with Gasteiger partial charge >= 0.3 is 0 Å². The highest BCUT2D eigenvalue weighted by molar-refractivity contribution is 7.90. The zero-order chi connectivity index (χ0) is 17.2. The highest BCUT2D eigenvalue weighted by atomic mass is 32.2. The molecule has 1 atom stereocenters. The first-order valence-electron chi connectivity index (χ1n) is 8.26. The van der Waals surface area contributed by atoms with Gasteiger partial charge in [0.25, 0.3) is 0 Å². The maximum atomic E-state index is 12.1. The van der Waals surface area contributed by atoms with Crippen LogP contribution in [0.25, 0.3) is 11.1 Å². The van der Waals surface area contributed by atoms with Crippen molar-refractivity contribution < 1.29 is 8.42 Å². The van der Waals surface area contributed by atoms with Crippen LogP contribution in [0.15, 0.2) is 36.7 Å². The molecular weight excluding hydrogens is 324 g/mol. The molecular formula is C17H24N4O2S. The van der Waals surface area contributed by atoms with Gasteiger partial charge in [0.15, 0.2) is 0 Å². The van der Waals surface area contributed by atoms with E-state index >= 15 is 0 Å². The molecule has 2 aromatic rings. The first kappa shape index (κ1) is 17.1. The van der Waals surface area contributed by atoms with E-state index in [0.717, 1.165) is 24.2 Å². The number of aryl methyl sites for hydroxylation is 1. The third-order valence-corrected chi connectivity index (χ3v) is 6.34. The highest BCUT2D eigenvalue weighted by Gasteiger charge is 2.32. The number of nitrogens with zero attached hydrogens (tertiary/aromatic N) is 3. The highest BCUT2D eigenvalue weighted by Crippen LogP contribution is 2.22. The van der Waals surface area contributed by atoms with E-state index < -0.39 is 10.0 Å². The molecule has 6 nitrogen and oxygen atoms in total. The number of sulfonamides is 1. The molecule has 24 heavy (non-hydrogen) atoms. The van der Waals surface area contributed by atoms with Crippen molar-refractivity contribution in [3.63, 3.8) is 0 Å². The molecule has 1 saturated heterocycles. The molecule has 1 aliphatic heterocycles.